The van der Waals surface area contributed by atoms with Crippen molar-refractivity contribution in [3.63, 3.8) is 0 Å². The molecule has 1 N–H and O–H groups in total. The fourth-order valence-corrected chi connectivity index (χ4v) is 2.09. The van der Waals surface area contributed by atoms with Crippen LogP contribution in [0.4, 0.5) is 0 Å². The second-order valence-electron chi connectivity index (χ2n) is 5.45. The van der Waals surface area contributed by atoms with Gasteiger partial charge in [-0.3, -0.25) is 0 Å². The van der Waals surface area contributed by atoms with Crippen LogP contribution in [0.25, 0.3) is 0 Å². The van der Waals surface area contributed by atoms with Gasteiger partial charge in [-0.25, -0.2) is 9.59 Å². The quantitative estimate of drug-likeness (QED) is 0.657. The lowest BCUT2D eigenvalue weighted by molar-refractivity contribution is 0.0590. The molecule has 27 heavy (non-hydrogen) atoms. The van der Waals surface area contributed by atoms with E-state index in [1.807, 2.05) is 6.92 Å². The lowest BCUT2D eigenvalue weighted by atomic mass is 10.1. The van der Waals surface area contributed by atoms with E-state index < -0.39 is 5.97 Å². The smallest absolute Gasteiger partial charge is 0.338 e. The lowest BCUT2D eigenvalue weighted by Crippen LogP contribution is -2.04. The number of terminal acetylenes is 1. The van der Waals surface area contributed by atoms with Crippen molar-refractivity contribution < 1.29 is 28.9 Å². The Labute approximate surface area is 158 Å². The van der Waals surface area contributed by atoms with Crippen LogP contribution in [0.1, 0.15) is 31.8 Å². The summed E-state index contributed by atoms with van der Waals surface area (Å²) in [6.07, 6.45) is 5.06. The van der Waals surface area contributed by atoms with Gasteiger partial charge in [0.25, 0.3) is 0 Å². The molecule has 0 atom stereocenters. The van der Waals surface area contributed by atoms with Crippen molar-refractivity contribution in [3.8, 4) is 23.8 Å². The minimum absolute atomic E-state index is 0.0704. The number of methoxy groups -OCH3 is 2. The van der Waals surface area contributed by atoms with Crippen LogP contribution < -0.4 is 4.74 Å². The number of rotatable bonds is 4. The molecule has 0 unspecified atom stereocenters. The summed E-state index contributed by atoms with van der Waals surface area (Å²) in [6, 6.07) is 9.76. The van der Waals surface area contributed by atoms with Crippen molar-refractivity contribution >= 4 is 11.9 Å². The molecule has 0 aliphatic heterocycles. The average molecular weight is 370 g/mol. The fraction of sp³-hybridized carbons (Fsp3) is 0.238. The summed E-state index contributed by atoms with van der Waals surface area (Å²) < 4.78 is 14.4. The fourth-order valence-electron chi connectivity index (χ4n) is 2.09. The molecule has 0 aliphatic rings. The van der Waals surface area contributed by atoms with E-state index in [0.717, 1.165) is 11.1 Å². The highest BCUT2D eigenvalue weighted by atomic mass is 16.5. The highest BCUT2D eigenvalue weighted by Gasteiger charge is 2.10. The third-order valence-corrected chi connectivity index (χ3v) is 3.56. The Kier molecular flexibility index (Phi) is 8.40. The number of hydrogen-bond acceptors (Lipinski definition) is 6. The van der Waals surface area contributed by atoms with Crippen molar-refractivity contribution in [2.45, 2.75) is 13.8 Å². The summed E-state index contributed by atoms with van der Waals surface area (Å²) in [6.45, 7) is 3.80. The molecular weight excluding hydrogens is 348 g/mol. The molecule has 0 heterocycles. The molecule has 2 aromatic carbocycles. The number of phenols is 1. The Morgan fingerprint density at radius 2 is 1.48 bits per heavy atom. The second kappa shape index (κ2) is 10.5. The lowest BCUT2D eigenvalue weighted by Gasteiger charge is -2.07. The molecule has 0 spiro atoms. The molecule has 2 rings (SSSR count). The molecule has 0 bridgehead atoms. The van der Waals surface area contributed by atoms with E-state index in [4.69, 9.17) is 16.3 Å². The first-order chi connectivity index (χ1) is 12.8. The van der Waals surface area contributed by atoms with Gasteiger partial charge in [-0.1, -0.05) is 18.1 Å². The number of aromatic hydroxyl groups is 1. The Balaban J connectivity index is 0.000000277. The van der Waals surface area contributed by atoms with Crippen LogP contribution in [0.3, 0.4) is 0 Å². The van der Waals surface area contributed by atoms with Gasteiger partial charge in [-0.15, -0.1) is 6.42 Å². The Hall–Kier alpha value is -3.46. The molecule has 0 amide bonds. The number of phenolic OH excluding ortho intramolecular Hbond substituents is 1. The molecule has 0 aromatic heterocycles. The Morgan fingerprint density at radius 3 is 2.00 bits per heavy atom. The standard InChI is InChI=1S/C12H12O3.C9H10O3/c1-4-7-15-10-6-5-9(2)11(8-10)12(13)14-3;1-6-3-4-7(10)5-8(6)9(11)12-2/h1,5-6,8H,7H2,2-3H3;3-5,10H,1-2H3. The number of benzene rings is 2. The molecule has 0 fully saturated rings. The normalized spacial score (nSPS) is 9.30. The number of carbonyl (C=O) groups is 2. The number of aryl methyl sites for hydroxylation is 2. The van der Waals surface area contributed by atoms with Gasteiger partial charge in [-0.05, 0) is 49.2 Å². The second-order valence-corrected chi connectivity index (χ2v) is 5.45. The third-order valence-electron chi connectivity index (χ3n) is 3.56. The van der Waals surface area contributed by atoms with Gasteiger partial charge < -0.3 is 19.3 Å². The molecule has 0 saturated carbocycles. The summed E-state index contributed by atoms with van der Waals surface area (Å²) in [5.41, 5.74) is 2.53. The molecule has 0 radical (unpaired) electrons. The molecule has 142 valence electrons. The Bertz CT molecular complexity index is 848. The van der Waals surface area contributed by atoms with E-state index >= 15 is 0 Å². The zero-order valence-electron chi connectivity index (χ0n) is 15.7. The van der Waals surface area contributed by atoms with Gasteiger partial charge >= 0.3 is 11.9 Å². The first-order valence-electron chi connectivity index (χ1n) is 7.97. The van der Waals surface area contributed by atoms with Crippen LogP contribution >= 0.6 is 0 Å². The largest absolute Gasteiger partial charge is 0.508 e. The third kappa shape index (κ3) is 6.40. The number of carbonyl (C=O) groups excluding carboxylic acids is 2. The zero-order valence-corrected chi connectivity index (χ0v) is 15.7. The van der Waals surface area contributed by atoms with E-state index in [-0.39, 0.29) is 18.3 Å². The molecular formula is C21H22O6. The first-order valence-corrected chi connectivity index (χ1v) is 7.97. The van der Waals surface area contributed by atoms with Crippen molar-refractivity contribution in [2.75, 3.05) is 20.8 Å². The van der Waals surface area contributed by atoms with Crippen LogP contribution in [0.5, 0.6) is 11.5 Å². The van der Waals surface area contributed by atoms with Crippen molar-refractivity contribution in [2.24, 2.45) is 0 Å². The number of ether oxygens (including phenoxy) is 3. The summed E-state index contributed by atoms with van der Waals surface area (Å²) >= 11 is 0. The van der Waals surface area contributed by atoms with Crippen LogP contribution in [-0.2, 0) is 9.47 Å². The topological polar surface area (TPSA) is 82.1 Å². The zero-order chi connectivity index (χ0) is 20.4. The van der Waals surface area contributed by atoms with Gasteiger partial charge in [-0.2, -0.15) is 0 Å². The van der Waals surface area contributed by atoms with Gasteiger partial charge in [0.2, 0.25) is 0 Å². The maximum atomic E-state index is 11.3. The van der Waals surface area contributed by atoms with Crippen molar-refractivity contribution in [3.05, 3.63) is 58.7 Å². The molecule has 6 nitrogen and oxygen atoms in total. The van der Waals surface area contributed by atoms with Gasteiger partial charge in [0.1, 0.15) is 18.1 Å². The van der Waals surface area contributed by atoms with Crippen molar-refractivity contribution in [1.29, 1.82) is 0 Å². The summed E-state index contributed by atoms with van der Waals surface area (Å²) in [7, 11) is 2.66. The van der Waals surface area contributed by atoms with E-state index in [2.05, 4.69) is 15.4 Å². The van der Waals surface area contributed by atoms with E-state index in [0.29, 0.717) is 16.9 Å². The SMILES string of the molecule is C#CCOc1ccc(C)c(C(=O)OC)c1.COC(=O)c1cc(O)ccc1C. The van der Waals surface area contributed by atoms with E-state index in [1.165, 1.54) is 26.4 Å². The maximum absolute atomic E-state index is 11.3. The predicted molar refractivity (Wildman–Crippen MR) is 101 cm³/mol. The highest BCUT2D eigenvalue weighted by Crippen LogP contribution is 2.18. The molecule has 0 saturated heterocycles. The summed E-state index contributed by atoms with van der Waals surface area (Å²) in [5.74, 6) is 2.19. The maximum Gasteiger partial charge on any atom is 0.338 e. The minimum atomic E-state index is -0.427. The van der Waals surface area contributed by atoms with E-state index in [1.54, 1.807) is 31.2 Å². The summed E-state index contributed by atoms with van der Waals surface area (Å²) in [4.78, 5) is 22.4. The van der Waals surface area contributed by atoms with Crippen LogP contribution in [-0.4, -0.2) is 37.9 Å². The molecule has 2 aromatic rings. The monoisotopic (exact) mass is 370 g/mol. The first kappa shape index (κ1) is 21.6. The van der Waals surface area contributed by atoms with Crippen molar-refractivity contribution in [1.82, 2.24) is 0 Å². The number of hydrogen-bond donors (Lipinski definition) is 1. The van der Waals surface area contributed by atoms with Crippen LogP contribution in [0.15, 0.2) is 36.4 Å². The summed E-state index contributed by atoms with van der Waals surface area (Å²) in [5, 5.41) is 9.07. The van der Waals surface area contributed by atoms with Gasteiger partial charge in [0, 0.05) is 0 Å². The highest BCUT2D eigenvalue weighted by molar-refractivity contribution is 5.91. The average Bonchev–Trinajstić information content (AvgIpc) is 2.68. The van der Waals surface area contributed by atoms with E-state index in [9.17, 15) is 9.59 Å². The predicted octanol–water partition coefficient (Wildman–Crippen LogP) is 3.28. The molecule has 6 heteroatoms. The van der Waals surface area contributed by atoms with Crippen LogP contribution in [0.2, 0.25) is 0 Å². The molecule has 0 aliphatic carbocycles. The van der Waals surface area contributed by atoms with Gasteiger partial charge in [0.05, 0.1) is 25.3 Å². The number of esters is 2. The Morgan fingerprint density at radius 1 is 0.963 bits per heavy atom. The van der Waals surface area contributed by atoms with Gasteiger partial charge in [0.15, 0.2) is 0 Å². The minimum Gasteiger partial charge on any atom is -0.508 e. The van der Waals surface area contributed by atoms with Crippen LogP contribution in [0, 0.1) is 26.2 Å².